The van der Waals surface area contributed by atoms with Gasteiger partial charge in [0.05, 0.1) is 0 Å². The van der Waals surface area contributed by atoms with Crippen LogP contribution in [-0.4, -0.2) is 12.0 Å². The molecule has 1 N–H and O–H groups in total. The topological polar surface area (TPSA) is 38.3 Å². The van der Waals surface area contributed by atoms with Gasteiger partial charge in [0.25, 0.3) is 5.91 Å². The average molecular weight is 287 g/mol. The molecule has 0 bridgehead atoms. The summed E-state index contributed by atoms with van der Waals surface area (Å²) >= 11 is 0. The Morgan fingerprint density at radius 3 is 2.48 bits per heavy atom. The van der Waals surface area contributed by atoms with Crippen molar-refractivity contribution in [3.63, 3.8) is 0 Å². The summed E-state index contributed by atoms with van der Waals surface area (Å²) in [6, 6.07) is 13.6. The van der Waals surface area contributed by atoms with E-state index in [2.05, 4.69) is 12.2 Å². The van der Waals surface area contributed by atoms with Crippen molar-refractivity contribution in [2.24, 2.45) is 0 Å². The minimum Gasteiger partial charge on any atom is -0.478 e. The van der Waals surface area contributed by atoms with E-state index in [-0.39, 0.29) is 11.7 Å². The molecule has 2 aromatic rings. The Bertz CT molecular complexity index is 610. The molecule has 0 spiro atoms. The molecule has 4 heteroatoms. The van der Waals surface area contributed by atoms with Crippen LogP contribution < -0.4 is 10.1 Å². The number of para-hydroxylation sites is 1. The van der Waals surface area contributed by atoms with Crippen LogP contribution in [0.4, 0.5) is 10.1 Å². The lowest BCUT2D eigenvalue weighted by molar-refractivity contribution is -0.122. The zero-order valence-electron chi connectivity index (χ0n) is 12.1. The molecule has 1 atom stereocenters. The van der Waals surface area contributed by atoms with Crippen LogP contribution in [0.2, 0.25) is 0 Å². The van der Waals surface area contributed by atoms with Crippen molar-refractivity contribution in [1.29, 1.82) is 0 Å². The van der Waals surface area contributed by atoms with E-state index in [9.17, 15) is 9.18 Å². The third-order valence-electron chi connectivity index (χ3n) is 3.14. The van der Waals surface area contributed by atoms with Crippen molar-refractivity contribution in [3.8, 4) is 5.75 Å². The van der Waals surface area contributed by atoms with E-state index in [0.29, 0.717) is 5.69 Å². The van der Waals surface area contributed by atoms with Gasteiger partial charge in [-0.15, -0.1) is 0 Å². The van der Waals surface area contributed by atoms with Gasteiger partial charge in [-0.2, -0.15) is 0 Å². The zero-order chi connectivity index (χ0) is 15.2. The smallest absolute Gasteiger partial charge is 0.265 e. The minimum absolute atomic E-state index is 0.0708. The van der Waals surface area contributed by atoms with Crippen molar-refractivity contribution in [2.45, 2.75) is 26.4 Å². The molecule has 0 unspecified atom stereocenters. The number of rotatable bonds is 5. The molecule has 3 nitrogen and oxygen atoms in total. The van der Waals surface area contributed by atoms with Gasteiger partial charge in [0.15, 0.2) is 17.7 Å². The summed E-state index contributed by atoms with van der Waals surface area (Å²) in [5.41, 5.74) is 1.89. The summed E-state index contributed by atoms with van der Waals surface area (Å²) < 4.78 is 18.8. The van der Waals surface area contributed by atoms with Crippen molar-refractivity contribution in [3.05, 3.63) is 59.9 Å². The van der Waals surface area contributed by atoms with E-state index >= 15 is 0 Å². The van der Waals surface area contributed by atoms with Crippen LogP contribution in [0, 0.1) is 5.82 Å². The highest BCUT2D eigenvalue weighted by atomic mass is 19.1. The number of anilines is 1. The molecule has 21 heavy (non-hydrogen) atoms. The maximum Gasteiger partial charge on any atom is 0.265 e. The van der Waals surface area contributed by atoms with Gasteiger partial charge in [-0.25, -0.2) is 4.39 Å². The Labute approximate surface area is 123 Å². The third-order valence-corrected chi connectivity index (χ3v) is 3.14. The molecule has 0 aliphatic carbocycles. The second kappa shape index (κ2) is 6.88. The predicted molar refractivity (Wildman–Crippen MR) is 80.9 cm³/mol. The number of carbonyl (C=O) groups excluding carboxylic acids is 1. The number of carbonyl (C=O) groups is 1. The predicted octanol–water partition coefficient (Wildman–Crippen LogP) is 3.79. The molecule has 0 saturated heterocycles. The Morgan fingerprint density at radius 2 is 1.86 bits per heavy atom. The number of nitrogens with one attached hydrogen (secondary N) is 1. The van der Waals surface area contributed by atoms with E-state index in [1.165, 1.54) is 17.7 Å². The first kappa shape index (κ1) is 15.0. The number of hydrogen-bond acceptors (Lipinski definition) is 2. The molecule has 1 amide bonds. The summed E-state index contributed by atoms with van der Waals surface area (Å²) in [7, 11) is 0. The van der Waals surface area contributed by atoms with E-state index in [1.807, 2.05) is 24.3 Å². The average Bonchev–Trinajstić information content (AvgIpc) is 2.50. The Kier molecular flexibility index (Phi) is 4.93. The molecular weight excluding hydrogens is 269 g/mol. The molecule has 0 saturated carbocycles. The van der Waals surface area contributed by atoms with Crippen LogP contribution in [-0.2, 0) is 11.2 Å². The summed E-state index contributed by atoms with van der Waals surface area (Å²) in [6.07, 6.45) is 0.161. The molecule has 0 fully saturated rings. The summed E-state index contributed by atoms with van der Waals surface area (Å²) in [4.78, 5) is 12.0. The summed E-state index contributed by atoms with van der Waals surface area (Å²) in [5, 5.41) is 2.75. The first-order chi connectivity index (χ1) is 10.1. The number of halogens is 1. The highest BCUT2D eigenvalue weighted by molar-refractivity contribution is 5.94. The highest BCUT2D eigenvalue weighted by Gasteiger charge is 2.16. The van der Waals surface area contributed by atoms with Gasteiger partial charge in [0.1, 0.15) is 0 Å². The summed E-state index contributed by atoms with van der Waals surface area (Å²) in [5.74, 6) is -0.728. The molecule has 0 aliphatic rings. The maximum atomic E-state index is 13.5. The second-order valence-electron chi connectivity index (χ2n) is 4.73. The van der Waals surface area contributed by atoms with E-state index in [4.69, 9.17) is 4.74 Å². The highest BCUT2D eigenvalue weighted by Crippen LogP contribution is 2.18. The molecule has 2 rings (SSSR count). The number of aryl methyl sites for hydroxylation is 1. The van der Waals surface area contributed by atoms with E-state index in [0.717, 1.165) is 6.42 Å². The van der Waals surface area contributed by atoms with Crippen LogP contribution >= 0.6 is 0 Å². The molecule has 110 valence electrons. The van der Waals surface area contributed by atoms with Crippen molar-refractivity contribution >= 4 is 11.6 Å². The van der Waals surface area contributed by atoms with Crippen LogP contribution in [0.15, 0.2) is 48.5 Å². The van der Waals surface area contributed by atoms with Crippen molar-refractivity contribution < 1.29 is 13.9 Å². The van der Waals surface area contributed by atoms with Crippen LogP contribution in [0.5, 0.6) is 5.75 Å². The van der Waals surface area contributed by atoms with E-state index < -0.39 is 11.9 Å². The lowest BCUT2D eigenvalue weighted by Crippen LogP contribution is -2.30. The first-order valence-electron chi connectivity index (χ1n) is 6.91. The van der Waals surface area contributed by atoms with Crippen LogP contribution in [0.3, 0.4) is 0 Å². The van der Waals surface area contributed by atoms with Gasteiger partial charge in [-0.05, 0) is 43.2 Å². The normalized spacial score (nSPS) is 11.8. The lowest BCUT2D eigenvalue weighted by atomic mass is 10.1. The quantitative estimate of drug-likeness (QED) is 0.908. The number of benzene rings is 2. The Morgan fingerprint density at radius 1 is 1.19 bits per heavy atom. The molecule has 0 radical (unpaired) electrons. The lowest BCUT2D eigenvalue weighted by Gasteiger charge is -2.15. The molecular formula is C17H18FNO2. The Balaban J connectivity index is 1.97. The fraction of sp³-hybridized carbons (Fsp3) is 0.235. The summed E-state index contributed by atoms with van der Waals surface area (Å²) in [6.45, 7) is 3.65. The van der Waals surface area contributed by atoms with Crippen molar-refractivity contribution in [1.82, 2.24) is 0 Å². The number of hydrogen-bond donors (Lipinski definition) is 1. The fourth-order valence-corrected chi connectivity index (χ4v) is 1.85. The van der Waals surface area contributed by atoms with Gasteiger partial charge >= 0.3 is 0 Å². The zero-order valence-corrected chi connectivity index (χ0v) is 12.1. The molecule has 0 heterocycles. The monoisotopic (exact) mass is 287 g/mol. The molecule has 2 aromatic carbocycles. The van der Waals surface area contributed by atoms with Crippen LogP contribution in [0.25, 0.3) is 0 Å². The molecule has 0 aliphatic heterocycles. The Hall–Kier alpha value is -2.36. The molecule has 0 aromatic heterocycles. The number of ether oxygens (including phenoxy) is 1. The van der Waals surface area contributed by atoms with Crippen molar-refractivity contribution in [2.75, 3.05) is 5.32 Å². The standard InChI is InChI=1S/C17H18FNO2/c1-3-13-8-10-14(11-9-13)19-17(20)12(2)21-16-7-5-4-6-15(16)18/h4-12H,3H2,1-2H3,(H,19,20)/t12-/m1/s1. The fourth-order valence-electron chi connectivity index (χ4n) is 1.85. The number of amides is 1. The largest absolute Gasteiger partial charge is 0.478 e. The van der Waals surface area contributed by atoms with Gasteiger partial charge in [-0.3, -0.25) is 4.79 Å². The van der Waals surface area contributed by atoms with Crippen LogP contribution in [0.1, 0.15) is 19.4 Å². The van der Waals surface area contributed by atoms with Gasteiger partial charge in [-0.1, -0.05) is 31.2 Å². The first-order valence-corrected chi connectivity index (χ1v) is 6.91. The van der Waals surface area contributed by atoms with Gasteiger partial charge in [0.2, 0.25) is 0 Å². The van der Waals surface area contributed by atoms with Gasteiger partial charge in [0, 0.05) is 5.69 Å². The van der Waals surface area contributed by atoms with E-state index in [1.54, 1.807) is 19.1 Å². The third kappa shape index (κ3) is 4.05. The second-order valence-corrected chi connectivity index (χ2v) is 4.73. The SMILES string of the molecule is CCc1ccc(NC(=O)[C@@H](C)Oc2ccccc2F)cc1. The van der Waals surface area contributed by atoms with Gasteiger partial charge < -0.3 is 10.1 Å². The maximum absolute atomic E-state index is 13.5. The minimum atomic E-state index is -0.784.